The minimum atomic E-state index is 0. The van der Waals surface area contributed by atoms with Gasteiger partial charge in [0.05, 0.1) is 27.0 Å². The van der Waals surface area contributed by atoms with E-state index < -0.39 is 0 Å². The number of piperazine rings is 1. The van der Waals surface area contributed by atoms with Gasteiger partial charge >= 0.3 is 0 Å². The summed E-state index contributed by atoms with van der Waals surface area (Å²) in [6.07, 6.45) is 7.23. The van der Waals surface area contributed by atoms with Crippen molar-refractivity contribution in [1.82, 2.24) is 10.1 Å². The Hall–Kier alpha value is -3.58. The van der Waals surface area contributed by atoms with Gasteiger partial charge in [-0.05, 0) is 61.4 Å². The molecule has 2 aromatic carbocycles. The number of aliphatic hydroxyl groups is 1. The number of rotatable bonds is 8. The van der Waals surface area contributed by atoms with Crippen LogP contribution < -0.4 is 23.8 Å². The summed E-state index contributed by atoms with van der Waals surface area (Å²) in [7, 11) is 4.88. The van der Waals surface area contributed by atoms with E-state index in [2.05, 4.69) is 37.6 Å². The first-order valence-electron chi connectivity index (χ1n) is 13.7. The van der Waals surface area contributed by atoms with Crippen molar-refractivity contribution < 1.29 is 44.9 Å². The topological polar surface area (TPSA) is 116 Å². The number of fused-ring (bicyclic) bond motifs is 1. The van der Waals surface area contributed by atoms with Crippen LogP contribution in [0.5, 0.6) is 17.2 Å². The second-order valence-electron chi connectivity index (χ2n) is 7.96. The summed E-state index contributed by atoms with van der Waals surface area (Å²) in [6.45, 7) is 11.5. The summed E-state index contributed by atoms with van der Waals surface area (Å²) < 4.78 is 25.6. The molecule has 1 saturated heterocycles. The number of benzene rings is 2. The monoisotopic (exact) mass is 778 g/mol. The number of aromatic nitrogens is 2. The zero-order chi connectivity index (χ0) is 30.9. The maximum absolute atomic E-state index is 7.10. The van der Waals surface area contributed by atoms with Gasteiger partial charge in [0.25, 0.3) is 0 Å². The molecule has 0 atom stereocenters. The SMILES string of the molecule is C#CO.CC.CC.COc1cccc(OC)c1SNc1noc2cc(-c3cc(N4CC[N-]CC4)ccn3)cc(OC)c12.[W]. The van der Waals surface area contributed by atoms with Crippen LogP contribution >= 0.6 is 11.9 Å². The Morgan fingerprint density at radius 3 is 2.16 bits per heavy atom. The molecule has 1 fully saturated rings. The van der Waals surface area contributed by atoms with Crippen LogP contribution in [0.2, 0.25) is 0 Å². The summed E-state index contributed by atoms with van der Waals surface area (Å²) in [6, 6.07) is 13.6. The standard InChI is InChI=1S/C25H26N5O4S.C2H2O.2C2H6.W/c1-31-19-5-4-6-20(32-2)24(19)35-29-25-23-21(33-3)13-16(14-22(23)34-28-25)18-15-17(7-8-27-18)30-11-9-26-10-12-30;1-2-3;2*1-2;/h4-8,13-15H,9-12H2,1-3H3,(H,28,29);1,3H;2*1-2H3;/q-1;;;;. The van der Waals surface area contributed by atoms with Gasteiger partial charge in [-0.2, -0.15) is 0 Å². The third-order valence-electron chi connectivity index (χ3n) is 5.85. The van der Waals surface area contributed by atoms with E-state index >= 15 is 0 Å². The van der Waals surface area contributed by atoms with Crippen LogP contribution in [0.15, 0.2) is 58.1 Å². The number of hydrogen-bond acceptors (Lipinski definition) is 10. The van der Waals surface area contributed by atoms with E-state index in [4.69, 9.17) is 23.8 Å². The fraction of sp³-hybridized carbons (Fsp3) is 0.355. The van der Waals surface area contributed by atoms with Gasteiger partial charge in [-0.3, -0.25) is 4.98 Å². The largest absolute Gasteiger partial charge is 0.659 e. The summed E-state index contributed by atoms with van der Waals surface area (Å²) in [5.74, 6) is 2.56. The quantitative estimate of drug-likeness (QED) is 0.140. The minimum Gasteiger partial charge on any atom is -0.659 e. The maximum Gasteiger partial charge on any atom is 0.191 e. The smallest absolute Gasteiger partial charge is 0.191 e. The van der Waals surface area contributed by atoms with Crippen molar-refractivity contribution in [3.8, 4) is 41.0 Å². The van der Waals surface area contributed by atoms with Crippen LogP contribution in [-0.4, -0.2) is 62.8 Å². The fourth-order valence-corrected chi connectivity index (χ4v) is 4.91. The first kappa shape index (κ1) is 37.4. The van der Waals surface area contributed by atoms with E-state index in [1.54, 1.807) is 21.3 Å². The van der Waals surface area contributed by atoms with Crippen molar-refractivity contribution in [1.29, 1.82) is 0 Å². The third-order valence-corrected chi connectivity index (χ3v) is 6.75. The van der Waals surface area contributed by atoms with E-state index in [0.717, 1.165) is 53.4 Å². The second-order valence-corrected chi connectivity index (χ2v) is 8.78. The molecule has 0 amide bonds. The Labute approximate surface area is 273 Å². The van der Waals surface area contributed by atoms with Crippen molar-refractivity contribution in [2.75, 3.05) is 57.1 Å². The van der Waals surface area contributed by atoms with Gasteiger partial charge in [0, 0.05) is 38.5 Å². The van der Waals surface area contributed by atoms with Gasteiger partial charge in [0.1, 0.15) is 33.6 Å². The number of anilines is 2. The second kappa shape index (κ2) is 20.3. The van der Waals surface area contributed by atoms with Crippen LogP contribution in [0.3, 0.4) is 0 Å². The molecule has 4 aromatic rings. The zero-order valence-corrected chi connectivity index (χ0v) is 29.5. The summed E-state index contributed by atoms with van der Waals surface area (Å²) in [4.78, 5) is 7.72. The van der Waals surface area contributed by atoms with Gasteiger partial charge in [0.15, 0.2) is 11.4 Å². The maximum atomic E-state index is 7.10. The first-order chi connectivity index (χ1) is 20.6. The molecule has 3 heterocycles. The molecule has 1 aliphatic rings. The predicted molar refractivity (Wildman–Crippen MR) is 172 cm³/mol. The van der Waals surface area contributed by atoms with E-state index in [9.17, 15) is 0 Å². The van der Waals surface area contributed by atoms with Gasteiger partial charge in [0.2, 0.25) is 0 Å². The molecular formula is C31H40N5O5SW-. The molecule has 0 unspecified atom stereocenters. The van der Waals surface area contributed by atoms with Crippen LogP contribution in [0, 0.1) is 12.5 Å². The average molecular weight is 779 g/mol. The Balaban J connectivity index is 0.00000107. The molecular weight excluding hydrogens is 738 g/mol. The van der Waals surface area contributed by atoms with Crippen molar-refractivity contribution in [2.45, 2.75) is 32.6 Å². The van der Waals surface area contributed by atoms with E-state index in [1.807, 2.05) is 70.3 Å². The van der Waals surface area contributed by atoms with E-state index in [1.165, 1.54) is 18.1 Å². The minimum absolute atomic E-state index is 0. The normalized spacial score (nSPS) is 11.5. The Bertz CT molecular complexity index is 1400. The molecule has 5 rings (SSSR count). The molecule has 232 valence electrons. The van der Waals surface area contributed by atoms with Crippen LogP contribution in [-0.2, 0) is 21.1 Å². The zero-order valence-electron chi connectivity index (χ0n) is 25.7. The number of aliphatic hydroxyl groups excluding tert-OH is 1. The molecule has 2 N–H and O–H groups in total. The average Bonchev–Trinajstić information content (AvgIpc) is 3.48. The number of methoxy groups -OCH3 is 3. The number of pyridine rings is 1. The molecule has 0 radical (unpaired) electrons. The van der Waals surface area contributed by atoms with E-state index in [-0.39, 0.29) is 21.1 Å². The van der Waals surface area contributed by atoms with Crippen LogP contribution in [0.1, 0.15) is 27.7 Å². The number of ether oxygens (including phenoxy) is 3. The van der Waals surface area contributed by atoms with Gasteiger partial charge < -0.3 is 38.8 Å². The molecule has 0 saturated carbocycles. The van der Waals surface area contributed by atoms with Gasteiger partial charge in [-0.25, -0.2) is 0 Å². The molecule has 0 bridgehead atoms. The Morgan fingerprint density at radius 1 is 0.977 bits per heavy atom. The molecule has 10 nitrogen and oxygen atoms in total. The number of terminal acetylenes is 1. The van der Waals surface area contributed by atoms with E-state index in [0.29, 0.717) is 28.6 Å². The molecule has 12 heteroatoms. The summed E-state index contributed by atoms with van der Waals surface area (Å²) >= 11 is 1.33. The van der Waals surface area contributed by atoms with Crippen LogP contribution in [0.4, 0.5) is 11.5 Å². The molecule has 1 aliphatic heterocycles. The fourth-order valence-electron chi connectivity index (χ4n) is 4.07. The molecule has 2 aromatic heterocycles. The van der Waals surface area contributed by atoms with Crippen molar-refractivity contribution >= 4 is 34.4 Å². The summed E-state index contributed by atoms with van der Waals surface area (Å²) in [5.41, 5.74) is 3.45. The first-order valence-corrected chi connectivity index (χ1v) is 14.5. The van der Waals surface area contributed by atoms with Gasteiger partial charge in [-0.15, -0.1) is 13.1 Å². The Morgan fingerprint density at radius 2 is 1.58 bits per heavy atom. The van der Waals surface area contributed by atoms with Crippen molar-refractivity contribution in [3.05, 3.63) is 54.0 Å². The predicted octanol–water partition coefficient (Wildman–Crippen LogP) is 7.23. The van der Waals surface area contributed by atoms with Gasteiger partial charge in [-0.1, -0.05) is 45.3 Å². The number of nitrogens with one attached hydrogen (secondary N) is 1. The van der Waals surface area contributed by atoms with Crippen molar-refractivity contribution in [2.24, 2.45) is 0 Å². The number of nitrogens with zero attached hydrogens (tertiary/aromatic N) is 4. The molecule has 0 aliphatic carbocycles. The van der Waals surface area contributed by atoms with Crippen molar-refractivity contribution in [3.63, 3.8) is 0 Å². The number of hydrogen-bond donors (Lipinski definition) is 2. The third kappa shape index (κ3) is 9.72. The molecule has 0 spiro atoms. The Kier molecular flexibility index (Phi) is 17.7. The molecule has 43 heavy (non-hydrogen) atoms. The van der Waals surface area contributed by atoms with Crippen LogP contribution in [0.25, 0.3) is 27.5 Å². The summed E-state index contributed by atoms with van der Waals surface area (Å²) in [5, 5.41) is 16.5.